The average molecular weight is 291 g/mol. The molecule has 0 saturated carbocycles. The quantitative estimate of drug-likeness (QED) is 0.918. The van der Waals surface area contributed by atoms with Crippen LogP contribution in [0.4, 0.5) is 14.5 Å². The Bertz CT molecular complexity index is 639. The molecule has 0 unspecified atom stereocenters. The number of ether oxygens (including phenoxy) is 1. The highest BCUT2D eigenvalue weighted by molar-refractivity contribution is 6.05. The van der Waals surface area contributed by atoms with E-state index in [2.05, 4.69) is 10.1 Å². The van der Waals surface area contributed by atoms with Gasteiger partial charge in [-0.2, -0.15) is 8.78 Å². The van der Waals surface area contributed by atoms with Gasteiger partial charge in [-0.1, -0.05) is 17.7 Å². The van der Waals surface area contributed by atoms with Crippen molar-refractivity contribution < 1.29 is 18.3 Å². The first-order valence-corrected chi connectivity index (χ1v) is 6.39. The summed E-state index contributed by atoms with van der Waals surface area (Å²) in [6.07, 6.45) is 0. The number of hydrogen-bond acceptors (Lipinski definition) is 2. The van der Waals surface area contributed by atoms with E-state index in [0.29, 0.717) is 11.3 Å². The molecule has 5 heteroatoms. The topological polar surface area (TPSA) is 38.3 Å². The zero-order valence-corrected chi connectivity index (χ0v) is 11.7. The number of alkyl halides is 2. The number of rotatable bonds is 4. The second kappa shape index (κ2) is 6.35. The second-order valence-corrected chi connectivity index (χ2v) is 4.68. The highest BCUT2D eigenvalue weighted by atomic mass is 19.3. The molecule has 110 valence electrons. The Hall–Kier alpha value is -2.43. The largest absolute Gasteiger partial charge is 0.435 e. The molecule has 0 aromatic heterocycles. The van der Waals surface area contributed by atoms with Crippen LogP contribution in [0.2, 0.25) is 0 Å². The van der Waals surface area contributed by atoms with Crippen molar-refractivity contribution in [3.05, 3.63) is 59.2 Å². The smallest absolute Gasteiger partial charge is 0.387 e. The fourth-order valence-electron chi connectivity index (χ4n) is 1.99. The van der Waals surface area contributed by atoms with E-state index in [0.717, 1.165) is 11.1 Å². The van der Waals surface area contributed by atoms with Crippen LogP contribution in [0.25, 0.3) is 0 Å². The molecular formula is C16H15F2NO2. The van der Waals surface area contributed by atoms with Crippen molar-refractivity contribution in [3.8, 4) is 5.75 Å². The van der Waals surface area contributed by atoms with Crippen LogP contribution < -0.4 is 10.1 Å². The van der Waals surface area contributed by atoms with E-state index in [1.807, 2.05) is 26.0 Å². The molecular weight excluding hydrogens is 276 g/mol. The lowest BCUT2D eigenvalue weighted by molar-refractivity contribution is -0.0498. The normalized spacial score (nSPS) is 10.5. The van der Waals surface area contributed by atoms with Gasteiger partial charge in [0.15, 0.2) is 0 Å². The summed E-state index contributed by atoms with van der Waals surface area (Å²) in [6, 6.07) is 11.3. The van der Waals surface area contributed by atoms with Crippen LogP contribution in [0.5, 0.6) is 5.75 Å². The Morgan fingerprint density at radius 2 is 1.76 bits per heavy atom. The summed E-state index contributed by atoms with van der Waals surface area (Å²) < 4.78 is 28.3. The van der Waals surface area contributed by atoms with Gasteiger partial charge in [0.05, 0.1) is 0 Å². The highest BCUT2D eigenvalue weighted by Crippen LogP contribution is 2.19. The molecule has 21 heavy (non-hydrogen) atoms. The maximum Gasteiger partial charge on any atom is 0.387 e. The van der Waals surface area contributed by atoms with Gasteiger partial charge in [-0.25, -0.2) is 0 Å². The summed E-state index contributed by atoms with van der Waals surface area (Å²) >= 11 is 0. The van der Waals surface area contributed by atoms with Gasteiger partial charge in [-0.05, 0) is 49.7 Å². The maximum absolute atomic E-state index is 12.1. The number of nitrogens with one attached hydrogen (secondary N) is 1. The summed E-state index contributed by atoms with van der Waals surface area (Å²) in [6.45, 7) is 0.957. The predicted molar refractivity (Wildman–Crippen MR) is 76.9 cm³/mol. The molecule has 0 aliphatic carbocycles. The third-order valence-corrected chi connectivity index (χ3v) is 2.96. The summed E-state index contributed by atoms with van der Waals surface area (Å²) in [7, 11) is 0. The molecule has 3 nitrogen and oxygen atoms in total. The van der Waals surface area contributed by atoms with E-state index in [4.69, 9.17) is 0 Å². The van der Waals surface area contributed by atoms with Crippen molar-refractivity contribution in [2.45, 2.75) is 20.5 Å². The minimum Gasteiger partial charge on any atom is -0.435 e. The molecule has 0 aliphatic rings. The molecule has 0 saturated heterocycles. The average Bonchev–Trinajstić information content (AvgIpc) is 2.40. The van der Waals surface area contributed by atoms with Gasteiger partial charge in [0.25, 0.3) is 5.91 Å². The fraction of sp³-hybridized carbons (Fsp3) is 0.188. The highest BCUT2D eigenvalue weighted by Gasteiger charge is 2.10. The Morgan fingerprint density at radius 1 is 1.10 bits per heavy atom. The molecule has 0 heterocycles. The van der Waals surface area contributed by atoms with Crippen molar-refractivity contribution in [2.24, 2.45) is 0 Å². The third kappa shape index (κ3) is 4.02. The van der Waals surface area contributed by atoms with Crippen molar-refractivity contribution in [1.82, 2.24) is 0 Å². The number of carbonyl (C=O) groups is 1. The number of carbonyl (C=O) groups excluding carboxylic acids is 1. The molecule has 1 amide bonds. The number of anilines is 1. The minimum atomic E-state index is -2.86. The Morgan fingerprint density at radius 3 is 2.33 bits per heavy atom. The Labute approximate surface area is 121 Å². The van der Waals surface area contributed by atoms with Gasteiger partial charge < -0.3 is 10.1 Å². The predicted octanol–water partition coefficient (Wildman–Crippen LogP) is 4.16. The van der Waals surface area contributed by atoms with Crippen LogP contribution in [-0.2, 0) is 0 Å². The molecule has 2 aromatic rings. The standard InChI is InChI=1S/C16H15F2NO2/c1-10-3-8-14(11(2)9-10)15(20)19-12-4-6-13(7-5-12)21-16(17)18/h3-9,16H,1-2H3,(H,19,20). The van der Waals surface area contributed by atoms with E-state index >= 15 is 0 Å². The summed E-state index contributed by atoms with van der Waals surface area (Å²) in [5, 5.41) is 2.72. The lowest BCUT2D eigenvalue weighted by Gasteiger charge is -2.09. The van der Waals surface area contributed by atoms with Crippen molar-refractivity contribution >= 4 is 11.6 Å². The number of aryl methyl sites for hydroxylation is 2. The summed E-state index contributed by atoms with van der Waals surface area (Å²) in [5.41, 5.74) is 3.05. The van der Waals surface area contributed by atoms with Crippen LogP contribution in [0.3, 0.4) is 0 Å². The van der Waals surface area contributed by atoms with Crippen molar-refractivity contribution in [2.75, 3.05) is 5.32 Å². The monoisotopic (exact) mass is 291 g/mol. The van der Waals surface area contributed by atoms with Gasteiger partial charge in [0, 0.05) is 11.3 Å². The number of hydrogen-bond donors (Lipinski definition) is 1. The van der Waals surface area contributed by atoms with Crippen LogP contribution in [0, 0.1) is 13.8 Å². The van der Waals surface area contributed by atoms with Gasteiger partial charge in [-0.3, -0.25) is 4.79 Å². The number of halogens is 2. The zero-order chi connectivity index (χ0) is 15.4. The van der Waals surface area contributed by atoms with E-state index in [9.17, 15) is 13.6 Å². The Balaban J connectivity index is 2.08. The van der Waals surface area contributed by atoms with Gasteiger partial charge >= 0.3 is 6.61 Å². The van der Waals surface area contributed by atoms with Crippen molar-refractivity contribution in [3.63, 3.8) is 0 Å². The molecule has 2 aromatic carbocycles. The molecule has 0 atom stereocenters. The Kier molecular flexibility index (Phi) is 4.52. The molecule has 0 fully saturated rings. The van der Waals surface area contributed by atoms with Crippen LogP contribution >= 0.6 is 0 Å². The molecule has 2 rings (SSSR count). The van der Waals surface area contributed by atoms with Gasteiger partial charge in [0.2, 0.25) is 0 Å². The lowest BCUT2D eigenvalue weighted by atomic mass is 10.1. The summed E-state index contributed by atoms with van der Waals surface area (Å²) in [4.78, 5) is 12.1. The van der Waals surface area contributed by atoms with Crippen LogP contribution in [0.15, 0.2) is 42.5 Å². The van der Waals surface area contributed by atoms with Gasteiger partial charge in [-0.15, -0.1) is 0 Å². The molecule has 0 bridgehead atoms. The maximum atomic E-state index is 12.1. The van der Waals surface area contributed by atoms with E-state index in [1.165, 1.54) is 24.3 Å². The minimum absolute atomic E-state index is 0.0505. The van der Waals surface area contributed by atoms with E-state index < -0.39 is 6.61 Å². The number of amides is 1. The molecule has 1 N–H and O–H groups in total. The lowest BCUT2D eigenvalue weighted by Crippen LogP contribution is -2.13. The fourth-order valence-corrected chi connectivity index (χ4v) is 1.99. The summed E-state index contributed by atoms with van der Waals surface area (Å²) in [5.74, 6) is -0.190. The van der Waals surface area contributed by atoms with E-state index in [1.54, 1.807) is 6.07 Å². The number of benzene rings is 2. The van der Waals surface area contributed by atoms with E-state index in [-0.39, 0.29) is 11.7 Å². The third-order valence-electron chi connectivity index (χ3n) is 2.96. The van der Waals surface area contributed by atoms with Gasteiger partial charge in [0.1, 0.15) is 5.75 Å². The molecule has 0 spiro atoms. The zero-order valence-electron chi connectivity index (χ0n) is 11.7. The SMILES string of the molecule is Cc1ccc(C(=O)Nc2ccc(OC(F)F)cc2)c(C)c1. The first-order valence-electron chi connectivity index (χ1n) is 6.39. The first kappa shape index (κ1) is 15.0. The van der Waals surface area contributed by atoms with Crippen molar-refractivity contribution in [1.29, 1.82) is 0 Å². The molecule has 0 radical (unpaired) electrons. The van der Waals surface area contributed by atoms with Crippen LogP contribution in [-0.4, -0.2) is 12.5 Å². The second-order valence-electron chi connectivity index (χ2n) is 4.68. The first-order chi connectivity index (χ1) is 9.95. The molecule has 0 aliphatic heterocycles. The van der Waals surface area contributed by atoms with Crippen LogP contribution in [0.1, 0.15) is 21.5 Å².